The number of nitrogens with zero attached hydrogens (tertiary/aromatic N) is 19. The summed E-state index contributed by atoms with van der Waals surface area (Å²) in [6, 6.07) is 68.6. The van der Waals surface area contributed by atoms with Gasteiger partial charge in [-0.2, -0.15) is 29.9 Å². The van der Waals surface area contributed by atoms with Gasteiger partial charge in [0, 0.05) is 145 Å². The average Bonchev–Trinajstić information content (AvgIpc) is 1.66. The van der Waals surface area contributed by atoms with Crippen molar-refractivity contribution < 1.29 is 55.6 Å². The second-order valence-electron chi connectivity index (χ2n) is 37.8. The number of piperazine rings is 1. The molecule has 2 atom stereocenters. The van der Waals surface area contributed by atoms with Gasteiger partial charge in [0.15, 0.2) is 23.0 Å². The number of hydrogen-bond donors (Lipinski definition) is 0. The lowest BCUT2D eigenvalue weighted by atomic mass is 9.97. The summed E-state index contributed by atoms with van der Waals surface area (Å²) in [6.07, 6.45) is 21.3. The van der Waals surface area contributed by atoms with Crippen molar-refractivity contribution in [2.45, 2.75) is 145 Å². The third kappa shape index (κ3) is 28.6. The Morgan fingerprint density at radius 2 is 0.829 bits per heavy atom. The molecule has 3 aliphatic heterocycles. The topological polar surface area (TPSA) is 341 Å². The molecule has 0 N–H and O–H groups in total. The lowest BCUT2D eigenvalue weighted by Gasteiger charge is -2.34. The summed E-state index contributed by atoms with van der Waals surface area (Å²) in [7, 11) is 9.48. The first-order valence-corrected chi connectivity index (χ1v) is 50.2. The second-order valence-corrected chi connectivity index (χ2v) is 37.8. The van der Waals surface area contributed by atoms with Gasteiger partial charge < -0.3 is 70.3 Å². The molecule has 0 amide bonds. The van der Waals surface area contributed by atoms with E-state index in [4.69, 9.17) is 55.6 Å². The van der Waals surface area contributed by atoms with Crippen LogP contribution in [0.5, 0.6) is 34.5 Å². The number of anilines is 1. The van der Waals surface area contributed by atoms with Crippen LogP contribution >= 0.6 is 0 Å². The van der Waals surface area contributed by atoms with Gasteiger partial charge in [0.2, 0.25) is 52.6 Å². The fourth-order valence-corrected chi connectivity index (χ4v) is 17.5. The van der Waals surface area contributed by atoms with E-state index in [9.17, 15) is 0 Å². The number of hydrogen-bond acceptors (Lipinski definition) is 31. The van der Waals surface area contributed by atoms with E-state index in [1.807, 2.05) is 98.8 Å². The van der Waals surface area contributed by atoms with Gasteiger partial charge in [0.1, 0.15) is 24.7 Å². The van der Waals surface area contributed by atoms with Crippen LogP contribution in [-0.4, -0.2) is 192 Å². The maximum atomic E-state index is 5.72. The molecule has 2 unspecified atom stereocenters. The quantitative estimate of drug-likeness (QED) is 0.0403. The Bertz CT molecular complexity index is 6850. The standard InChI is InChI=1S/C25H31N3O.C24H30N4O3.C23H29N3O.C15H11N3O3.C15H13N3O3.C13H15N3O/c1-18(2)16-20-6-10-22(11-7-20)19(3)25-26-24(27-29-25)23-12-8-21(9-13-23)17-28-14-4-5-15-28;1-5-29-21-10-7-18(16-22(21)30-6-2)24-25-23(26-31-24)20-9-8-19(15-17(20)3)28-13-11-27(4)12-14-28;1-16(2)14-18-6-10-20(11-7-18)17(3)23-24-22(25-27-23)21-12-8-19(9-13-21)15-26(4)5;1-2-12-13(20-8-7-19-12)9-11(1)15-17-14(18-21-15)10-3-5-16-6-4-10;1-19-12-7-11(8-13(9-12)20-2)15-17-14(18-21-15)10-3-5-16-6-4-10;1-2-4-10(3-1)9-12-15-13(16-17-12)11-5-7-14-8-6-11/h6-13,18-19H,4-5,14-17H2,1-3H3;7-10,15-16H,5-6,11-14H2,1-4H3;6-13,16-17H,14-15H2,1-5H3;1-6,9H,7-8H2;3-9H,1-2H3;5-8,10H,1-4,9H2. The number of ether oxygens (including phenoxy) is 6. The van der Waals surface area contributed by atoms with Crippen LogP contribution in [0.1, 0.15) is 162 Å². The van der Waals surface area contributed by atoms with Crippen molar-refractivity contribution in [1.29, 1.82) is 0 Å². The van der Waals surface area contributed by atoms with Crippen molar-refractivity contribution >= 4 is 5.69 Å². The van der Waals surface area contributed by atoms with Crippen molar-refractivity contribution in [3.05, 3.63) is 300 Å². The Labute approximate surface area is 852 Å². The summed E-state index contributed by atoms with van der Waals surface area (Å²) >= 11 is 0. The first-order chi connectivity index (χ1) is 71.2. The van der Waals surface area contributed by atoms with Gasteiger partial charge in [0.05, 0.1) is 39.3 Å². The minimum absolute atomic E-state index is 0.0763. The fraction of sp³-hybridized carbons (Fsp3) is 0.348. The zero-order valence-electron chi connectivity index (χ0n) is 85.7. The van der Waals surface area contributed by atoms with Crippen LogP contribution in [0.15, 0.2) is 271 Å². The van der Waals surface area contributed by atoms with Crippen molar-refractivity contribution in [2.24, 2.45) is 17.8 Å². The lowest BCUT2D eigenvalue weighted by Crippen LogP contribution is -2.44. The molecule has 146 heavy (non-hydrogen) atoms. The Morgan fingerprint density at radius 3 is 1.34 bits per heavy atom. The zero-order chi connectivity index (χ0) is 102. The lowest BCUT2D eigenvalue weighted by molar-refractivity contribution is 0.171. The third-order valence-electron chi connectivity index (χ3n) is 25.4. The largest absolute Gasteiger partial charge is 0.497 e. The number of aryl methyl sites for hydroxylation is 1. The number of likely N-dealkylation sites (tertiary alicyclic amines) is 1. The molecule has 2 saturated heterocycles. The SMILES string of the molecule is CC(C)Cc1ccc(C(C)c2nc(-c3ccc(CN(C)C)cc3)no2)cc1.CC(C)Cc1ccc(C(C)c2nc(-c3ccc(CN4CCCC4)cc3)no2)cc1.CCOc1ccc(-c2nc(-c3ccc(N4CCN(C)CC4)cc3C)no2)cc1OCC.COc1cc(OC)cc(-c2nc(-c3ccncc3)no2)c1.c1cc(-c2noc(-c3ccc4c(c3)OCCO4)n2)ccn1.c1cc(-c2noc(CC3CCCC3)n2)ccn1. The Kier molecular flexibility index (Phi) is 36.2. The van der Waals surface area contributed by atoms with E-state index in [1.54, 1.807) is 57.5 Å². The minimum atomic E-state index is 0.0763. The predicted molar refractivity (Wildman–Crippen MR) is 562 cm³/mol. The molecule has 8 aromatic carbocycles. The van der Waals surface area contributed by atoms with Crippen molar-refractivity contribution in [3.63, 3.8) is 0 Å². The highest BCUT2D eigenvalue weighted by molar-refractivity contribution is 5.69. The molecular formula is C115H129N19O12. The number of aromatic nitrogens is 15. The molecule has 31 heteroatoms. The normalized spacial score (nSPS) is 13.9. The number of benzene rings is 8. The van der Waals surface area contributed by atoms with E-state index in [0.717, 1.165) is 132 Å². The maximum Gasteiger partial charge on any atom is 0.258 e. The highest BCUT2D eigenvalue weighted by Gasteiger charge is 2.26. The van der Waals surface area contributed by atoms with Gasteiger partial charge in [-0.3, -0.25) is 19.9 Å². The maximum absolute atomic E-state index is 5.72. The smallest absolute Gasteiger partial charge is 0.258 e. The highest BCUT2D eigenvalue weighted by atomic mass is 16.6. The minimum Gasteiger partial charge on any atom is -0.497 e. The van der Waals surface area contributed by atoms with Gasteiger partial charge >= 0.3 is 0 Å². The molecule has 4 aliphatic rings. The van der Waals surface area contributed by atoms with E-state index >= 15 is 0 Å². The van der Waals surface area contributed by atoms with E-state index in [0.29, 0.717) is 131 Å². The summed E-state index contributed by atoms with van der Waals surface area (Å²) in [6.45, 7) is 30.1. The van der Waals surface area contributed by atoms with Crippen LogP contribution in [0.3, 0.4) is 0 Å². The van der Waals surface area contributed by atoms with Crippen LogP contribution in [0.2, 0.25) is 0 Å². The van der Waals surface area contributed by atoms with Crippen LogP contribution < -0.4 is 33.3 Å². The molecule has 1 saturated carbocycles. The number of pyridine rings is 3. The van der Waals surface area contributed by atoms with Crippen LogP contribution in [0.4, 0.5) is 5.69 Å². The van der Waals surface area contributed by atoms with Gasteiger partial charge in [-0.15, -0.1) is 0 Å². The Hall–Kier alpha value is -15.5. The van der Waals surface area contributed by atoms with Crippen molar-refractivity contribution in [3.8, 4) is 137 Å². The molecule has 12 heterocycles. The molecule has 0 radical (unpaired) electrons. The van der Waals surface area contributed by atoms with Gasteiger partial charge in [-0.1, -0.05) is 169 Å². The highest BCUT2D eigenvalue weighted by Crippen LogP contribution is 2.40. The number of fused-ring (bicyclic) bond motifs is 1. The molecule has 9 aromatic heterocycles. The summed E-state index contributed by atoms with van der Waals surface area (Å²) in [4.78, 5) is 48.5. The van der Waals surface area contributed by atoms with E-state index in [1.165, 1.54) is 90.7 Å². The Morgan fingerprint density at radius 1 is 0.390 bits per heavy atom. The van der Waals surface area contributed by atoms with Crippen LogP contribution in [0, 0.1) is 24.7 Å². The summed E-state index contributed by atoms with van der Waals surface area (Å²) < 4.78 is 65.5. The number of likely N-dealkylation sites (N-methyl/N-ethyl adjacent to an activating group) is 1. The first kappa shape index (κ1) is 103. The molecule has 1 aliphatic carbocycles. The van der Waals surface area contributed by atoms with E-state index in [2.05, 4.69) is 280 Å². The van der Waals surface area contributed by atoms with Crippen LogP contribution in [0.25, 0.3) is 103 Å². The van der Waals surface area contributed by atoms with E-state index < -0.39 is 0 Å². The third-order valence-corrected chi connectivity index (χ3v) is 25.4. The molecule has 21 rings (SSSR count). The van der Waals surface area contributed by atoms with Gasteiger partial charge in [-0.05, 0) is 267 Å². The van der Waals surface area contributed by atoms with Crippen molar-refractivity contribution in [2.75, 3.05) is 106 Å². The Balaban J connectivity index is 0.000000127. The number of rotatable bonds is 30. The molecule has 756 valence electrons. The molecule has 3 fully saturated rings. The average molecular weight is 1970 g/mol. The first-order valence-electron chi connectivity index (χ1n) is 50.2. The molecule has 0 spiro atoms. The summed E-state index contributed by atoms with van der Waals surface area (Å²) in [5.41, 5.74) is 18.1. The van der Waals surface area contributed by atoms with Gasteiger partial charge in [-0.25, -0.2) is 0 Å². The predicted octanol–water partition coefficient (Wildman–Crippen LogP) is 23.3. The van der Waals surface area contributed by atoms with E-state index in [-0.39, 0.29) is 11.8 Å². The van der Waals surface area contributed by atoms with Crippen molar-refractivity contribution in [1.82, 2.24) is 90.5 Å². The number of methoxy groups -OCH3 is 2. The summed E-state index contributed by atoms with van der Waals surface area (Å²) in [5.74, 6) is 13.3. The fourth-order valence-electron chi connectivity index (χ4n) is 17.5. The zero-order valence-corrected chi connectivity index (χ0v) is 85.7. The van der Waals surface area contributed by atoms with Crippen LogP contribution in [-0.2, 0) is 32.4 Å². The molecular weight excluding hydrogens is 1840 g/mol. The molecule has 0 bridgehead atoms. The second kappa shape index (κ2) is 51.2. The van der Waals surface area contributed by atoms with Gasteiger partial charge in [0.25, 0.3) is 17.7 Å². The monoisotopic (exact) mass is 1970 g/mol. The summed E-state index contributed by atoms with van der Waals surface area (Å²) in [5, 5.41) is 24.6. The molecule has 31 nitrogen and oxygen atoms in total. The molecule has 17 aromatic rings.